The van der Waals surface area contributed by atoms with Crippen LogP contribution in [0, 0.1) is 0 Å². The van der Waals surface area contributed by atoms with Crippen molar-refractivity contribution in [2.75, 3.05) is 32.8 Å². The maximum absolute atomic E-state index is 10.8. The second-order valence-electron chi connectivity index (χ2n) is 2.48. The standard InChI is InChI=1S/C7H15NO2S/c1-8(2)5-4-7(9)10-6-11-3/h4-6H2,1-3H3. The fourth-order valence-electron chi connectivity index (χ4n) is 0.512. The molecular weight excluding hydrogens is 162 g/mol. The Kier molecular flexibility index (Phi) is 6.36. The van der Waals surface area contributed by atoms with Gasteiger partial charge in [-0.15, -0.1) is 11.8 Å². The number of esters is 1. The molecule has 11 heavy (non-hydrogen) atoms. The van der Waals surface area contributed by atoms with Crippen molar-refractivity contribution in [1.29, 1.82) is 0 Å². The molecule has 0 N–H and O–H groups in total. The first-order valence-corrected chi connectivity index (χ1v) is 4.85. The number of hydrogen-bond acceptors (Lipinski definition) is 4. The first-order valence-electron chi connectivity index (χ1n) is 3.46. The zero-order valence-electron chi connectivity index (χ0n) is 7.29. The summed E-state index contributed by atoms with van der Waals surface area (Å²) in [6, 6.07) is 0. The van der Waals surface area contributed by atoms with E-state index in [1.165, 1.54) is 11.8 Å². The van der Waals surface area contributed by atoms with Gasteiger partial charge in [-0.25, -0.2) is 0 Å². The molecule has 0 aromatic heterocycles. The summed E-state index contributed by atoms with van der Waals surface area (Å²) in [5.41, 5.74) is 0. The van der Waals surface area contributed by atoms with Crippen LogP contribution in [-0.4, -0.2) is 43.7 Å². The second kappa shape index (κ2) is 6.49. The van der Waals surface area contributed by atoms with E-state index < -0.39 is 0 Å². The highest BCUT2D eigenvalue weighted by molar-refractivity contribution is 7.98. The van der Waals surface area contributed by atoms with Gasteiger partial charge in [0.15, 0.2) is 0 Å². The van der Waals surface area contributed by atoms with Crippen LogP contribution in [0.2, 0.25) is 0 Å². The highest BCUT2D eigenvalue weighted by Crippen LogP contribution is 1.95. The molecule has 0 heterocycles. The smallest absolute Gasteiger partial charge is 0.307 e. The monoisotopic (exact) mass is 177 g/mol. The van der Waals surface area contributed by atoms with E-state index in [1.54, 1.807) is 0 Å². The summed E-state index contributed by atoms with van der Waals surface area (Å²) in [6.45, 7) is 0.757. The summed E-state index contributed by atoms with van der Waals surface area (Å²) < 4.78 is 4.84. The van der Waals surface area contributed by atoms with Gasteiger partial charge in [0.1, 0.15) is 5.94 Å². The number of rotatable bonds is 5. The molecule has 0 atom stereocenters. The van der Waals surface area contributed by atoms with E-state index in [0.717, 1.165) is 6.54 Å². The molecule has 0 aliphatic heterocycles. The van der Waals surface area contributed by atoms with Crippen LogP contribution in [0.1, 0.15) is 6.42 Å². The maximum Gasteiger partial charge on any atom is 0.307 e. The number of ether oxygens (including phenoxy) is 1. The Morgan fingerprint density at radius 1 is 1.55 bits per heavy atom. The number of hydrogen-bond donors (Lipinski definition) is 0. The van der Waals surface area contributed by atoms with Crippen molar-refractivity contribution in [3.05, 3.63) is 0 Å². The average Bonchev–Trinajstić information content (AvgIpc) is 1.97. The molecule has 66 valence electrons. The van der Waals surface area contributed by atoms with Crippen molar-refractivity contribution in [3.63, 3.8) is 0 Å². The Morgan fingerprint density at radius 2 is 2.18 bits per heavy atom. The molecule has 4 heteroatoms. The third kappa shape index (κ3) is 7.68. The Hall–Kier alpha value is -0.220. The van der Waals surface area contributed by atoms with E-state index in [4.69, 9.17) is 4.74 Å². The van der Waals surface area contributed by atoms with Crippen molar-refractivity contribution in [1.82, 2.24) is 4.90 Å². The number of carbonyl (C=O) groups excluding carboxylic acids is 1. The SMILES string of the molecule is CSCOC(=O)CCN(C)C. The average molecular weight is 177 g/mol. The predicted octanol–water partition coefficient (Wildman–Crippen LogP) is 0.802. The van der Waals surface area contributed by atoms with E-state index in [9.17, 15) is 4.79 Å². The highest BCUT2D eigenvalue weighted by Gasteiger charge is 2.01. The van der Waals surface area contributed by atoms with E-state index in [0.29, 0.717) is 12.4 Å². The third-order valence-electron chi connectivity index (χ3n) is 1.10. The summed E-state index contributed by atoms with van der Waals surface area (Å²) in [5, 5.41) is 0. The van der Waals surface area contributed by atoms with E-state index >= 15 is 0 Å². The largest absolute Gasteiger partial charge is 0.455 e. The van der Waals surface area contributed by atoms with Crippen LogP contribution >= 0.6 is 11.8 Å². The molecule has 0 radical (unpaired) electrons. The molecule has 0 aliphatic rings. The van der Waals surface area contributed by atoms with Crippen LogP contribution in [0.25, 0.3) is 0 Å². The lowest BCUT2D eigenvalue weighted by Crippen LogP contribution is -2.17. The van der Waals surface area contributed by atoms with Gasteiger partial charge in [0.2, 0.25) is 0 Å². The minimum absolute atomic E-state index is 0.118. The zero-order valence-corrected chi connectivity index (χ0v) is 8.11. The molecule has 0 saturated carbocycles. The Bertz CT molecular complexity index is 117. The molecule has 3 nitrogen and oxygen atoms in total. The van der Waals surface area contributed by atoms with Gasteiger partial charge in [0.05, 0.1) is 6.42 Å². The van der Waals surface area contributed by atoms with Gasteiger partial charge in [-0.2, -0.15) is 0 Å². The topological polar surface area (TPSA) is 29.5 Å². The summed E-state index contributed by atoms with van der Waals surface area (Å²) in [4.78, 5) is 12.8. The molecule has 0 amide bonds. The van der Waals surface area contributed by atoms with Crippen molar-refractivity contribution in [2.24, 2.45) is 0 Å². The molecule has 0 spiro atoms. The van der Waals surface area contributed by atoms with Gasteiger partial charge in [-0.05, 0) is 20.4 Å². The summed E-state index contributed by atoms with van der Waals surface area (Å²) in [7, 11) is 3.86. The van der Waals surface area contributed by atoms with Crippen LogP contribution in [0.4, 0.5) is 0 Å². The molecule has 0 fully saturated rings. The Balaban J connectivity index is 3.23. The van der Waals surface area contributed by atoms with Gasteiger partial charge in [0.25, 0.3) is 0 Å². The van der Waals surface area contributed by atoms with Gasteiger partial charge < -0.3 is 9.64 Å². The van der Waals surface area contributed by atoms with Crippen molar-refractivity contribution >= 4 is 17.7 Å². The molecule has 0 rings (SSSR count). The van der Waals surface area contributed by atoms with Crippen LogP contribution < -0.4 is 0 Å². The van der Waals surface area contributed by atoms with Crippen LogP contribution in [-0.2, 0) is 9.53 Å². The Morgan fingerprint density at radius 3 is 2.64 bits per heavy atom. The third-order valence-corrected chi connectivity index (χ3v) is 1.45. The van der Waals surface area contributed by atoms with Gasteiger partial charge >= 0.3 is 5.97 Å². The second-order valence-corrected chi connectivity index (χ2v) is 3.29. The first kappa shape index (κ1) is 10.8. The zero-order chi connectivity index (χ0) is 8.69. The lowest BCUT2D eigenvalue weighted by molar-refractivity contribution is -0.141. The van der Waals surface area contributed by atoms with Gasteiger partial charge in [-0.1, -0.05) is 0 Å². The number of nitrogens with zero attached hydrogens (tertiary/aromatic N) is 1. The summed E-state index contributed by atoms with van der Waals surface area (Å²) >= 11 is 1.51. The first-order chi connectivity index (χ1) is 5.16. The molecule has 0 bridgehead atoms. The fraction of sp³-hybridized carbons (Fsp3) is 0.857. The minimum atomic E-state index is -0.118. The van der Waals surface area contributed by atoms with Crippen LogP contribution in [0.3, 0.4) is 0 Å². The number of thioether (sulfide) groups is 1. The maximum atomic E-state index is 10.8. The molecule has 0 saturated heterocycles. The minimum Gasteiger partial charge on any atom is -0.455 e. The van der Waals surface area contributed by atoms with E-state index in [2.05, 4.69) is 0 Å². The van der Waals surface area contributed by atoms with Crippen molar-refractivity contribution < 1.29 is 9.53 Å². The van der Waals surface area contributed by atoms with Crippen LogP contribution in [0.5, 0.6) is 0 Å². The van der Waals surface area contributed by atoms with Crippen LogP contribution in [0.15, 0.2) is 0 Å². The fourth-order valence-corrected chi connectivity index (χ4v) is 0.761. The molecule has 0 aromatic rings. The normalized spacial score (nSPS) is 10.2. The summed E-state index contributed by atoms with van der Waals surface area (Å²) in [6.07, 6.45) is 2.38. The predicted molar refractivity (Wildman–Crippen MR) is 47.6 cm³/mol. The highest BCUT2D eigenvalue weighted by atomic mass is 32.2. The quantitative estimate of drug-likeness (QED) is 0.459. The summed E-state index contributed by atoms with van der Waals surface area (Å²) in [5.74, 6) is 0.347. The van der Waals surface area contributed by atoms with Gasteiger partial charge in [0, 0.05) is 6.54 Å². The van der Waals surface area contributed by atoms with Crippen molar-refractivity contribution in [2.45, 2.75) is 6.42 Å². The van der Waals surface area contributed by atoms with Crippen molar-refractivity contribution in [3.8, 4) is 0 Å². The lowest BCUT2D eigenvalue weighted by atomic mass is 10.4. The molecule has 0 aliphatic carbocycles. The van der Waals surface area contributed by atoms with E-state index in [-0.39, 0.29) is 5.97 Å². The van der Waals surface area contributed by atoms with E-state index in [1.807, 2.05) is 25.3 Å². The van der Waals surface area contributed by atoms with Gasteiger partial charge in [-0.3, -0.25) is 4.79 Å². The number of carbonyl (C=O) groups is 1. The lowest BCUT2D eigenvalue weighted by Gasteiger charge is -2.07. The Labute approximate surface area is 72.1 Å². The molecule has 0 aromatic carbocycles. The molecular formula is C7H15NO2S. The molecule has 0 unspecified atom stereocenters.